The molecule has 0 aromatic heterocycles. The molecule has 92 valence electrons. The molecule has 0 spiro atoms. The zero-order chi connectivity index (χ0) is 12.7. The molecule has 0 saturated carbocycles. The fourth-order valence-electron chi connectivity index (χ4n) is 1.15. The van der Waals surface area contributed by atoms with Crippen LogP contribution in [0.3, 0.4) is 0 Å². The van der Waals surface area contributed by atoms with Crippen molar-refractivity contribution in [2.75, 3.05) is 18.5 Å². The quantitative estimate of drug-likeness (QED) is 0.505. The minimum absolute atomic E-state index is 0.262. The predicted octanol–water partition coefficient (Wildman–Crippen LogP) is 2.96. The minimum Gasteiger partial charge on any atom is -0.463 e. The van der Waals surface area contributed by atoms with E-state index in [1.807, 2.05) is 22.6 Å². The summed E-state index contributed by atoms with van der Waals surface area (Å²) >= 11 is 2.05. The number of ether oxygens (including phenoxy) is 1. The second kappa shape index (κ2) is 7.26. The van der Waals surface area contributed by atoms with Crippen molar-refractivity contribution in [2.45, 2.75) is 6.92 Å². The van der Waals surface area contributed by atoms with Crippen LogP contribution in [0.25, 0.3) is 0 Å². The zero-order valence-corrected chi connectivity index (χ0v) is 11.5. The van der Waals surface area contributed by atoms with Crippen LogP contribution in [0.4, 0.5) is 10.1 Å². The van der Waals surface area contributed by atoms with Gasteiger partial charge in [-0.2, -0.15) is 0 Å². The number of anilines is 1. The molecule has 5 heteroatoms. The van der Waals surface area contributed by atoms with E-state index in [1.165, 1.54) is 18.2 Å². The highest BCUT2D eigenvalue weighted by molar-refractivity contribution is 14.1. The summed E-state index contributed by atoms with van der Waals surface area (Å²) in [7, 11) is 0. The van der Waals surface area contributed by atoms with Crippen molar-refractivity contribution >= 4 is 34.2 Å². The number of esters is 1. The SMILES string of the molecule is CCOC(=O)/C=C/CNc1ccc(F)cc1I. The number of hydrogen-bond acceptors (Lipinski definition) is 3. The molecule has 0 heterocycles. The molecule has 0 fully saturated rings. The first-order chi connectivity index (χ1) is 8.13. The van der Waals surface area contributed by atoms with Crippen LogP contribution in [-0.4, -0.2) is 19.1 Å². The Hall–Kier alpha value is -1.11. The summed E-state index contributed by atoms with van der Waals surface area (Å²) in [6, 6.07) is 4.49. The number of carbonyl (C=O) groups is 1. The maximum Gasteiger partial charge on any atom is 0.330 e. The Bertz CT molecular complexity index is 421. The Morgan fingerprint density at radius 2 is 2.35 bits per heavy atom. The molecule has 0 radical (unpaired) electrons. The summed E-state index contributed by atoms with van der Waals surface area (Å²) in [5.74, 6) is -0.620. The molecule has 3 nitrogen and oxygen atoms in total. The van der Waals surface area contributed by atoms with Gasteiger partial charge < -0.3 is 10.1 Å². The lowest BCUT2D eigenvalue weighted by Crippen LogP contribution is -2.03. The third-order valence-corrected chi connectivity index (χ3v) is 2.77. The van der Waals surface area contributed by atoms with Gasteiger partial charge in [-0.15, -0.1) is 0 Å². The molecule has 0 saturated heterocycles. The van der Waals surface area contributed by atoms with Crippen molar-refractivity contribution in [1.29, 1.82) is 0 Å². The Balaban J connectivity index is 2.43. The Labute approximate surface area is 113 Å². The predicted molar refractivity (Wildman–Crippen MR) is 73.4 cm³/mol. The van der Waals surface area contributed by atoms with E-state index in [0.29, 0.717) is 13.2 Å². The average molecular weight is 349 g/mol. The molecule has 1 aromatic rings. The highest BCUT2D eigenvalue weighted by Gasteiger charge is 1.99. The van der Waals surface area contributed by atoms with Crippen LogP contribution in [0.2, 0.25) is 0 Å². The summed E-state index contributed by atoms with van der Waals surface area (Å²) in [6.45, 7) is 2.61. The van der Waals surface area contributed by atoms with Crippen LogP contribution in [0.15, 0.2) is 30.4 Å². The zero-order valence-electron chi connectivity index (χ0n) is 9.37. The number of benzene rings is 1. The Morgan fingerprint density at radius 1 is 1.59 bits per heavy atom. The van der Waals surface area contributed by atoms with Gasteiger partial charge in [0.15, 0.2) is 0 Å². The molecule has 0 amide bonds. The normalized spacial score (nSPS) is 10.5. The van der Waals surface area contributed by atoms with Crippen molar-refractivity contribution in [3.63, 3.8) is 0 Å². The molecular weight excluding hydrogens is 336 g/mol. The van der Waals surface area contributed by atoms with E-state index in [0.717, 1.165) is 9.26 Å². The molecule has 0 unspecified atom stereocenters. The van der Waals surface area contributed by atoms with E-state index in [2.05, 4.69) is 5.32 Å². The van der Waals surface area contributed by atoms with Gasteiger partial charge in [0.1, 0.15) is 5.82 Å². The van der Waals surface area contributed by atoms with E-state index in [4.69, 9.17) is 4.74 Å². The molecule has 0 aliphatic carbocycles. The topological polar surface area (TPSA) is 38.3 Å². The van der Waals surface area contributed by atoms with Crippen molar-refractivity contribution in [1.82, 2.24) is 0 Å². The number of nitrogens with one attached hydrogen (secondary N) is 1. The summed E-state index contributed by atoms with van der Waals surface area (Å²) in [6.07, 6.45) is 3.03. The van der Waals surface area contributed by atoms with Gasteiger partial charge in [0.05, 0.1) is 6.61 Å². The van der Waals surface area contributed by atoms with Crippen LogP contribution in [0.5, 0.6) is 0 Å². The fourth-order valence-corrected chi connectivity index (χ4v) is 1.82. The third kappa shape index (κ3) is 5.16. The first kappa shape index (κ1) is 14.0. The van der Waals surface area contributed by atoms with Crippen LogP contribution in [0.1, 0.15) is 6.92 Å². The standard InChI is InChI=1S/C12H13FINO2/c1-2-17-12(16)4-3-7-15-11-6-5-9(13)8-10(11)14/h3-6,8,15H,2,7H2,1H3/b4-3+. The monoisotopic (exact) mass is 349 g/mol. The molecule has 1 rings (SSSR count). The summed E-state index contributed by atoms with van der Waals surface area (Å²) in [5, 5.41) is 3.07. The van der Waals surface area contributed by atoms with Gasteiger partial charge in [-0.25, -0.2) is 9.18 Å². The molecule has 0 aliphatic rings. The average Bonchev–Trinajstić information content (AvgIpc) is 2.27. The second-order valence-corrected chi connectivity index (χ2v) is 4.32. The van der Waals surface area contributed by atoms with Crippen molar-refractivity contribution < 1.29 is 13.9 Å². The second-order valence-electron chi connectivity index (χ2n) is 3.16. The molecule has 17 heavy (non-hydrogen) atoms. The summed E-state index contributed by atoms with van der Waals surface area (Å²) in [4.78, 5) is 11.0. The first-order valence-corrected chi connectivity index (χ1v) is 6.23. The van der Waals surface area contributed by atoms with Gasteiger partial charge in [-0.3, -0.25) is 0 Å². The number of hydrogen-bond donors (Lipinski definition) is 1. The van der Waals surface area contributed by atoms with Crippen molar-refractivity contribution in [2.24, 2.45) is 0 Å². The van der Waals surface area contributed by atoms with Gasteiger partial charge in [-0.1, -0.05) is 6.08 Å². The smallest absolute Gasteiger partial charge is 0.330 e. The number of halogens is 2. The van der Waals surface area contributed by atoms with Gasteiger partial charge in [0.25, 0.3) is 0 Å². The fraction of sp³-hybridized carbons (Fsp3) is 0.250. The maximum atomic E-state index is 12.8. The molecule has 0 atom stereocenters. The Morgan fingerprint density at radius 3 is 3.00 bits per heavy atom. The number of rotatable bonds is 5. The third-order valence-electron chi connectivity index (χ3n) is 1.88. The summed E-state index contributed by atoms with van der Waals surface area (Å²) < 4.78 is 18.3. The first-order valence-electron chi connectivity index (χ1n) is 5.15. The molecule has 1 N–H and O–H groups in total. The van der Waals surface area contributed by atoms with Crippen LogP contribution in [-0.2, 0) is 9.53 Å². The lowest BCUT2D eigenvalue weighted by atomic mass is 10.3. The van der Waals surface area contributed by atoms with E-state index >= 15 is 0 Å². The minimum atomic E-state index is -0.358. The lowest BCUT2D eigenvalue weighted by Gasteiger charge is -2.05. The largest absolute Gasteiger partial charge is 0.463 e. The van der Waals surface area contributed by atoms with E-state index in [9.17, 15) is 9.18 Å². The van der Waals surface area contributed by atoms with E-state index in [-0.39, 0.29) is 11.8 Å². The highest BCUT2D eigenvalue weighted by atomic mass is 127. The highest BCUT2D eigenvalue weighted by Crippen LogP contribution is 2.18. The molecule has 0 bridgehead atoms. The van der Waals surface area contributed by atoms with Gasteiger partial charge in [0.2, 0.25) is 0 Å². The molecular formula is C12H13FINO2. The van der Waals surface area contributed by atoms with Gasteiger partial charge in [-0.05, 0) is 47.7 Å². The maximum absolute atomic E-state index is 12.8. The van der Waals surface area contributed by atoms with Crippen molar-refractivity contribution in [3.05, 3.63) is 39.7 Å². The van der Waals surface area contributed by atoms with Gasteiger partial charge in [0, 0.05) is 21.9 Å². The van der Waals surface area contributed by atoms with Crippen LogP contribution < -0.4 is 5.32 Å². The van der Waals surface area contributed by atoms with E-state index in [1.54, 1.807) is 19.1 Å². The van der Waals surface area contributed by atoms with E-state index < -0.39 is 0 Å². The summed E-state index contributed by atoms with van der Waals surface area (Å²) in [5.41, 5.74) is 0.834. The van der Waals surface area contributed by atoms with Crippen molar-refractivity contribution in [3.8, 4) is 0 Å². The number of carbonyl (C=O) groups excluding carboxylic acids is 1. The van der Waals surface area contributed by atoms with Crippen LogP contribution in [0, 0.1) is 9.39 Å². The molecule has 0 aliphatic heterocycles. The Kier molecular flexibility index (Phi) is 5.96. The van der Waals surface area contributed by atoms with Crippen LogP contribution >= 0.6 is 22.6 Å². The lowest BCUT2D eigenvalue weighted by molar-refractivity contribution is -0.137. The molecule has 1 aromatic carbocycles. The van der Waals surface area contributed by atoms with Gasteiger partial charge >= 0.3 is 5.97 Å².